The molecule has 0 unspecified atom stereocenters. The molecular formula is C30H24N2O5S. The number of aromatic nitrogens is 1. The summed E-state index contributed by atoms with van der Waals surface area (Å²) in [5, 5.41) is 0. The number of benzene rings is 3. The number of aryl methyl sites for hydroxylation is 1. The maximum absolute atomic E-state index is 14.0. The quantitative estimate of drug-likeness (QED) is 0.403. The monoisotopic (exact) mass is 524 g/mol. The summed E-state index contributed by atoms with van der Waals surface area (Å²) >= 11 is 1.39. The lowest BCUT2D eigenvalue weighted by atomic mass is 9.83. The minimum atomic E-state index is -0.362. The van der Waals surface area contributed by atoms with Crippen molar-refractivity contribution >= 4 is 23.1 Å². The van der Waals surface area contributed by atoms with Gasteiger partial charge in [-0.1, -0.05) is 41.7 Å². The van der Waals surface area contributed by atoms with E-state index in [2.05, 4.69) is 18.2 Å². The van der Waals surface area contributed by atoms with Gasteiger partial charge in [0, 0.05) is 11.1 Å². The SMILES string of the molecule is COc1ccc(OC)c([C@H]2C3=C(N=c4s/c(=C/c5ccc6c(c5)OCO6)c(=O)n42)c2ccccc2CC3)c1. The van der Waals surface area contributed by atoms with Gasteiger partial charge >= 0.3 is 0 Å². The third-order valence-electron chi connectivity index (χ3n) is 7.30. The van der Waals surface area contributed by atoms with Crippen LogP contribution in [0.3, 0.4) is 0 Å². The lowest BCUT2D eigenvalue weighted by Gasteiger charge is -2.31. The van der Waals surface area contributed by atoms with Gasteiger partial charge in [-0.15, -0.1) is 0 Å². The van der Waals surface area contributed by atoms with Crippen molar-refractivity contribution in [3.05, 3.63) is 108 Å². The Hall–Kier alpha value is -4.30. The summed E-state index contributed by atoms with van der Waals surface area (Å²) in [6, 6.07) is 19.4. The van der Waals surface area contributed by atoms with E-state index in [1.165, 1.54) is 16.9 Å². The minimum absolute atomic E-state index is 0.0910. The molecule has 190 valence electrons. The topological polar surface area (TPSA) is 71.3 Å². The van der Waals surface area contributed by atoms with E-state index in [0.717, 1.165) is 40.8 Å². The molecule has 0 radical (unpaired) electrons. The normalized spacial score (nSPS) is 17.4. The number of methoxy groups -OCH3 is 2. The molecule has 0 N–H and O–H groups in total. The maximum atomic E-state index is 14.0. The van der Waals surface area contributed by atoms with Gasteiger partial charge in [0.2, 0.25) is 6.79 Å². The summed E-state index contributed by atoms with van der Waals surface area (Å²) in [5.74, 6) is 2.80. The molecule has 0 spiro atoms. The number of ether oxygens (including phenoxy) is 4. The molecule has 3 aromatic carbocycles. The first-order valence-electron chi connectivity index (χ1n) is 12.4. The molecule has 8 heteroatoms. The van der Waals surface area contributed by atoms with Gasteiger partial charge < -0.3 is 18.9 Å². The van der Waals surface area contributed by atoms with Gasteiger partial charge in [-0.2, -0.15) is 0 Å². The molecule has 4 aromatic rings. The standard InChI is InChI=1S/C30H24N2O5S/c1-34-19-9-12-23(35-2)22(15-19)28-21-10-8-18-5-3-4-6-20(18)27(21)31-30-32(28)29(33)26(38-30)14-17-7-11-24-25(13-17)37-16-36-24/h3-7,9,11-15,28H,8,10,16H2,1-2H3/b26-14+/t28-/m1/s1. The smallest absolute Gasteiger partial charge is 0.271 e. The molecule has 1 aliphatic carbocycles. The Bertz CT molecular complexity index is 1820. The van der Waals surface area contributed by atoms with E-state index in [1.54, 1.807) is 14.2 Å². The summed E-state index contributed by atoms with van der Waals surface area (Å²) < 4.78 is 24.7. The maximum Gasteiger partial charge on any atom is 0.271 e. The zero-order chi connectivity index (χ0) is 25.8. The molecule has 7 rings (SSSR count). The molecule has 1 atom stereocenters. The van der Waals surface area contributed by atoms with Gasteiger partial charge in [-0.3, -0.25) is 9.36 Å². The first kappa shape index (κ1) is 22.9. The minimum Gasteiger partial charge on any atom is -0.497 e. The predicted molar refractivity (Wildman–Crippen MR) is 145 cm³/mol. The van der Waals surface area contributed by atoms with E-state index in [4.69, 9.17) is 23.9 Å². The van der Waals surface area contributed by atoms with Crippen molar-refractivity contribution in [2.75, 3.05) is 21.0 Å². The molecule has 0 fully saturated rings. The first-order chi connectivity index (χ1) is 18.6. The van der Waals surface area contributed by atoms with Gasteiger partial charge in [-0.25, -0.2) is 4.99 Å². The second kappa shape index (κ2) is 8.92. The van der Waals surface area contributed by atoms with Crippen LogP contribution in [0, 0.1) is 0 Å². The van der Waals surface area contributed by atoms with Crippen LogP contribution in [0.2, 0.25) is 0 Å². The number of thiazole rings is 1. The van der Waals surface area contributed by atoms with Crippen LogP contribution in [-0.2, 0) is 6.42 Å². The molecule has 7 nitrogen and oxygen atoms in total. The van der Waals surface area contributed by atoms with Crippen molar-refractivity contribution in [2.24, 2.45) is 4.99 Å². The Morgan fingerprint density at radius 1 is 1.00 bits per heavy atom. The van der Waals surface area contributed by atoms with Crippen LogP contribution in [0.15, 0.2) is 76.0 Å². The molecule has 0 amide bonds. The zero-order valence-corrected chi connectivity index (χ0v) is 21.7. The Balaban J connectivity index is 1.49. The zero-order valence-electron chi connectivity index (χ0n) is 20.9. The molecule has 3 heterocycles. The largest absolute Gasteiger partial charge is 0.497 e. The number of fused-ring (bicyclic) bond motifs is 4. The van der Waals surface area contributed by atoms with E-state index < -0.39 is 0 Å². The number of allylic oxidation sites excluding steroid dienone is 1. The van der Waals surface area contributed by atoms with Crippen molar-refractivity contribution in [3.8, 4) is 23.0 Å². The van der Waals surface area contributed by atoms with Crippen molar-refractivity contribution < 1.29 is 18.9 Å². The fourth-order valence-corrected chi connectivity index (χ4v) is 6.51. The molecule has 0 saturated heterocycles. The van der Waals surface area contributed by atoms with E-state index in [1.807, 2.05) is 53.1 Å². The van der Waals surface area contributed by atoms with Crippen LogP contribution >= 0.6 is 11.3 Å². The third kappa shape index (κ3) is 3.55. The Morgan fingerprint density at radius 3 is 2.74 bits per heavy atom. The number of hydrogen-bond acceptors (Lipinski definition) is 7. The molecule has 38 heavy (non-hydrogen) atoms. The average Bonchev–Trinajstić information content (AvgIpc) is 3.55. The summed E-state index contributed by atoms with van der Waals surface area (Å²) in [6.07, 6.45) is 3.57. The highest BCUT2D eigenvalue weighted by atomic mass is 32.1. The fraction of sp³-hybridized carbons (Fsp3) is 0.200. The highest BCUT2D eigenvalue weighted by Gasteiger charge is 2.34. The van der Waals surface area contributed by atoms with Crippen LogP contribution < -0.4 is 33.8 Å². The van der Waals surface area contributed by atoms with Gasteiger partial charge in [0.25, 0.3) is 5.56 Å². The van der Waals surface area contributed by atoms with E-state index >= 15 is 0 Å². The highest BCUT2D eigenvalue weighted by Crippen LogP contribution is 2.44. The average molecular weight is 525 g/mol. The fourth-order valence-electron chi connectivity index (χ4n) is 5.51. The van der Waals surface area contributed by atoms with E-state index in [9.17, 15) is 4.79 Å². The van der Waals surface area contributed by atoms with Crippen molar-refractivity contribution in [3.63, 3.8) is 0 Å². The molecule has 3 aliphatic rings. The number of rotatable bonds is 4. The van der Waals surface area contributed by atoms with Crippen LogP contribution in [0.4, 0.5) is 0 Å². The molecule has 0 saturated carbocycles. The summed E-state index contributed by atoms with van der Waals surface area (Å²) in [5.41, 5.74) is 6.09. The van der Waals surface area contributed by atoms with Crippen LogP contribution in [0.25, 0.3) is 11.8 Å². The van der Waals surface area contributed by atoms with Crippen molar-refractivity contribution in [1.29, 1.82) is 0 Å². The van der Waals surface area contributed by atoms with Crippen LogP contribution in [-0.4, -0.2) is 25.6 Å². The first-order valence-corrected chi connectivity index (χ1v) is 13.2. The molecular weight excluding hydrogens is 500 g/mol. The third-order valence-corrected chi connectivity index (χ3v) is 8.28. The van der Waals surface area contributed by atoms with Gasteiger partial charge in [0.15, 0.2) is 16.3 Å². The molecule has 0 bridgehead atoms. The highest BCUT2D eigenvalue weighted by molar-refractivity contribution is 7.07. The molecule has 2 aliphatic heterocycles. The number of hydrogen-bond donors (Lipinski definition) is 0. The Morgan fingerprint density at radius 2 is 1.87 bits per heavy atom. The number of nitrogens with zero attached hydrogens (tertiary/aromatic N) is 2. The summed E-state index contributed by atoms with van der Waals surface area (Å²) in [6.45, 7) is 0.205. The van der Waals surface area contributed by atoms with Crippen molar-refractivity contribution in [2.45, 2.75) is 18.9 Å². The van der Waals surface area contributed by atoms with E-state index in [-0.39, 0.29) is 18.4 Å². The Kier molecular flexibility index (Phi) is 5.37. The van der Waals surface area contributed by atoms with E-state index in [0.29, 0.717) is 32.3 Å². The summed E-state index contributed by atoms with van der Waals surface area (Å²) in [4.78, 5) is 19.8. The van der Waals surface area contributed by atoms with Crippen LogP contribution in [0.5, 0.6) is 23.0 Å². The lowest BCUT2D eigenvalue weighted by Crippen LogP contribution is -2.39. The van der Waals surface area contributed by atoms with Gasteiger partial charge in [-0.05, 0) is 65.9 Å². The summed E-state index contributed by atoms with van der Waals surface area (Å²) in [7, 11) is 3.30. The Labute approximate surface area is 222 Å². The van der Waals surface area contributed by atoms with Crippen LogP contribution in [0.1, 0.15) is 34.7 Å². The second-order valence-corrected chi connectivity index (χ2v) is 10.3. The second-order valence-electron chi connectivity index (χ2n) is 9.33. The van der Waals surface area contributed by atoms with Crippen molar-refractivity contribution in [1.82, 2.24) is 4.57 Å². The molecule has 1 aromatic heterocycles. The van der Waals surface area contributed by atoms with Gasteiger partial charge in [0.05, 0.1) is 30.5 Å². The predicted octanol–water partition coefficient (Wildman–Crippen LogP) is 4.06. The lowest BCUT2D eigenvalue weighted by molar-refractivity contribution is 0.174. The van der Waals surface area contributed by atoms with Gasteiger partial charge in [0.1, 0.15) is 11.5 Å².